The maximum Gasteiger partial charge on any atom is 0.251 e. The fraction of sp³-hybridized carbons (Fsp3) is 0.321. The van der Waals surface area contributed by atoms with Crippen LogP contribution in [-0.2, 0) is 12.8 Å². The molecule has 0 fully saturated rings. The molecule has 125 heavy (non-hydrogen) atoms. The van der Waals surface area contributed by atoms with Crippen LogP contribution < -0.4 is 19.8 Å². The number of pyridine rings is 5. The van der Waals surface area contributed by atoms with Gasteiger partial charge < -0.3 is 29.2 Å². The van der Waals surface area contributed by atoms with Gasteiger partial charge in [-0.05, 0) is 239 Å². The fourth-order valence-corrected chi connectivity index (χ4v) is 12.9. The molecule has 2 aliphatic heterocycles. The number of H-pyrrole nitrogens is 3. The first-order valence-corrected chi connectivity index (χ1v) is 46.4. The standard InChI is InChI=1S/C10H9NO.2C10H9N.C10H12.C9H8N2.2C9H9N.C9H10O.C8H7NS.C8H8O2.10C2H6/c1-7-6-8-4-2-3-5-9(8)11-10(7)12;1-8-4-5-9-3-2-6-11-10(9)7-8;1-8-6-9-4-2-3-5-10(9)11-7-8;1-8-6-7-9-4-2-3-5-10(8)9;1-7-2-3-8-6-10-5-4-9(8)11-7;1-7-6-10-9-5-3-2-4-8(7)9;1-7-6-8-4-2-3-5-9(8)10-7;1-7-2-3-9-8(6-7)4-5-10-9;2*1-6-2-3-7-8(4-6)10-5-9-7;10*1-2/h2-6H,1H3,(H,11,12);2*2-7H,1H3;2-5,8H,6-7H2,1H3;2-6H,1H3;2*2-6,10H,1H3;2-3,6H,4-5H2,1H3;2-5H,1H3;2-4H,5H2,1H3;10*1-2H3. The lowest BCUT2D eigenvalue weighted by molar-refractivity contribution is 0.174. The Kier molecular flexibility index (Phi) is 59.0. The highest BCUT2D eigenvalue weighted by Gasteiger charge is 2.17. The highest BCUT2D eigenvalue weighted by molar-refractivity contribution is 7.16. The monoisotopic (exact) mass is 1700 g/mol. The number of nitrogens with zero attached hydrogens (tertiary/aromatic N) is 5. The second-order valence-electron chi connectivity index (χ2n) is 26.4. The lowest BCUT2D eigenvalue weighted by Gasteiger charge is -2.01. The van der Waals surface area contributed by atoms with E-state index in [2.05, 4.69) is 228 Å². The van der Waals surface area contributed by atoms with Gasteiger partial charge in [0.05, 0.1) is 38.9 Å². The van der Waals surface area contributed by atoms with Gasteiger partial charge in [0.15, 0.2) is 11.5 Å². The Balaban J connectivity index is 0.000000679. The molecule has 8 aromatic heterocycles. The summed E-state index contributed by atoms with van der Waals surface area (Å²) in [4.78, 5) is 41.5. The van der Waals surface area contributed by atoms with Gasteiger partial charge >= 0.3 is 0 Å². The van der Waals surface area contributed by atoms with Gasteiger partial charge in [0.2, 0.25) is 6.79 Å². The lowest BCUT2D eigenvalue weighted by atomic mass is 10.0. The number of hydrogen-bond acceptors (Lipinski definition) is 10. The van der Waals surface area contributed by atoms with Crippen molar-refractivity contribution in [2.45, 2.75) is 233 Å². The van der Waals surface area contributed by atoms with E-state index >= 15 is 0 Å². The number of benzene rings is 9. The van der Waals surface area contributed by atoms with Crippen LogP contribution in [0.2, 0.25) is 0 Å². The van der Waals surface area contributed by atoms with Gasteiger partial charge in [-0.2, -0.15) is 0 Å². The fourth-order valence-electron chi connectivity index (χ4n) is 12.2. The van der Waals surface area contributed by atoms with E-state index in [1.807, 2.05) is 293 Å². The Morgan fingerprint density at radius 2 is 0.920 bits per heavy atom. The third-order valence-corrected chi connectivity index (χ3v) is 18.6. The molecule has 12 nitrogen and oxygen atoms in total. The molecule has 9 aromatic carbocycles. The summed E-state index contributed by atoms with van der Waals surface area (Å²) in [5.41, 5.74) is 24.6. The van der Waals surface area contributed by atoms with E-state index in [-0.39, 0.29) is 5.56 Å². The van der Waals surface area contributed by atoms with Crippen LogP contribution in [0.4, 0.5) is 0 Å². The van der Waals surface area contributed by atoms with Crippen molar-refractivity contribution in [3.05, 3.63) is 357 Å². The Morgan fingerprint density at radius 1 is 0.368 bits per heavy atom. The molecule has 20 rings (SSSR count). The van der Waals surface area contributed by atoms with Crippen molar-refractivity contribution < 1.29 is 14.2 Å². The van der Waals surface area contributed by atoms with E-state index in [1.165, 1.54) is 94.8 Å². The smallest absolute Gasteiger partial charge is 0.251 e. The summed E-state index contributed by atoms with van der Waals surface area (Å²) in [5.74, 6) is 3.59. The minimum atomic E-state index is -0.00583. The molecule has 668 valence electrons. The van der Waals surface area contributed by atoms with Gasteiger partial charge in [0.25, 0.3) is 5.56 Å². The van der Waals surface area contributed by atoms with Crippen molar-refractivity contribution in [1.82, 2.24) is 39.9 Å². The van der Waals surface area contributed by atoms with Gasteiger partial charge in [-0.25, -0.2) is 4.98 Å². The van der Waals surface area contributed by atoms with Crippen LogP contribution in [0.5, 0.6) is 17.2 Å². The third-order valence-electron chi connectivity index (χ3n) is 17.8. The summed E-state index contributed by atoms with van der Waals surface area (Å²) in [6, 6.07) is 82.3. The number of rotatable bonds is 0. The molecule has 13 heteroatoms. The van der Waals surface area contributed by atoms with Crippen molar-refractivity contribution in [2.24, 2.45) is 0 Å². The van der Waals surface area contributed by atoms with Gasteiger partial charge in [-0.15, -0.1) is 11.3 Å². The number of nitrogens with one attached hydrogen (secondary N) is 3. The minimum absolute atomic E-state index is 0.00583. The summed E-state index contributed by atoms with van der Waals surface area (Å²) >= 11 is 1.69. The summed E-state index contributed by atoms with van der Waals surface area (Å²) in [6.07, 6.45) is 13.0. The number of hydrogen-bond donors (Lipinski definition) is 3. The molecule has 17 aromatic rings. The molecule has 3 N–H and O–H groups in total. The molecular formula is C112H150N8O4S. The second kappa shape index (κ2) is 66.5. The van der Waals surface area contributed by atoms with Crippen molar-refractivity contribution in [2.75, 3.05) is 13.4 Å². The first-order chi connectivity index (χ1) is 61.0. The van der Waals surface area contributed by atoms with E-state index in [1.54, 1.807) is 28.7 Å². The summed E-state index contributed by atoms with van der Waals surface area (Å²) in [7, 11) is 0. The number of aromatic amines is 3. The van der Waals surface area contributed by atoms with E-state index in [9.17, 15) is 4.79 Å². The van der Waals surface area contributed by atoms with Crippen LogP contribution in [0.3, 0.4) is 0 Å². The van der Waals surface area contributed by atoms with Crippen LogP contribution >= 0.6 is 11.3 Å². The van der Waals surface area contributed by atoms with Gasteiger partial charge in [0.1, 0.15) is 5.75 Å². The molecule has 0 bridgehead atoms. The molecule has 1 unspecified atom stereocenters. The Morgan fingerprint density at radius 3 is 1.59 bits per heavy atom. The third kappa shape index (κ3) is 38.7. The van der Waals surface area contributed by atoms with Crippen molar-refractivity contribution in [1.29, 1.82) is 0 Å². The van der Waals surface area contributed by atoms with Crippen LogP contribution in [-0.4, -0.2) is 53.3 Å². The predicted molar refractivity (Wildman–Crippen MR) is 551 cm³/mol. The highest BCUT2D eigenvalue weighted by atomic mass is 32.1. The maximum absolute atomic E-state index is 11.2. The van der Waals surface area contributed by atoms with Gasteiger partial charge in [0, 0.05) is 92.5 Å². The summed E-state index contributed by atoms with van der Waals surface area (Å²) < 4.78 is 16.9. The number of aromatic nitrogens is 8. The van der Waals surface area contributed by atoms with E-state index < -0.39 is 0 Å². The summed E-state index contributed by atoms with van der Waals surface area (Å²) in [5, 5.41) is 7.21. The Bertz CT molecular complexity index is 5460. The van der Waals surface area contributed by atoms with Crippen molar-refractivity contribution in [3.63, 3.8) is 0 Å². The topological polar surface area (TPSA) is 157 Å². The first-order valence-electron chi connectivity index (χ1n) is 45.5. The Labute approximate surface area is 756 Å². The van der Waals surface area contributed by atoms with Crippen molar-refractivity contribution >= 4 is 87.0 Å². The summed E-state index contributed by atoms with van der Waals surface area (Å²) in [6.45, 7) is 61.9. The van der Waals surface area contributed by atoms with Crippen LogP contribution in [0, 0.1) is 62.3 Å². The number of thiazole rings is 1. The Hall–Kier alpha value is -12.1. The van der Waals surface area contributed by atoms with Crippen LogP contribution in [0.15, 0.2) is 284 Å². The average molecular weight is 1700 g/mol. The molecule has 0 saturated heterocycles. The molecule has 0 radical (unpaired) electrons. The number of fused-ring (bicyclic) bond motifs is 10. The van der Waals surface area contributed by atoms with Gasteiger partial charge in [-0.3, -0.25) is 24.7 Å². The number of para-hydroxylation sites is 4. The van der Waals surface area contributed by atoms with E-state index in [0.29, 0.717) is 6.79 Å². The van der Waals surface area contributed by atoms with E-state index in [0.717, 1.165) is 85.8 Å². The molecular weight excluding hydrogens is 1550 g/mol. The van der Waals surface area contributed by atoms with Crippen LogP contribution in [0.25, 0.3) is 75.6 Å². The molecule has 1 aliphatic carbocycles. The lowest BCUT2D eigenvalue weighted by Crippen LogP contribution is -2.08. The predicted octanol–water partition coefficient (Wildman–Crippen LogP) is 33.1. The highest BCUT2D eigenvalue weighted by Crippen LogP contribution is 2.33. The number of ether oxygens (including phenoxy) is 3. The normalized spacial score (nSPS) is 10.8. The van der Waals surface area contributed by atoms with E-state index in [4.69, 9.17) is 14.2 Å². The molecule has 1 atom stereocenters. The maximum atomic E-state index is 11.2. The molecule has 0 saturated carbocycles. The first kappa shape index (κ1) is 111. The number of aryl methyl sites for hydroxylation is 10. The SMILES string of the molecule is CC.CC.CC.CC.CC.CC.CC.CC.CC.CC.CC1CCc2ccccc21.Cc1c[nH]c2ccccc12.Cc1cc2ccccc2[nH]1.Cc1cc2ccccc2[nH]c1=O.Cc1ccc2c(c1)CCO2.Cc1ccc2c(c1)OCO2.Cc1ccc2cccnc2c1.Cc1ccc2cnccc2n1.Cc1ccc2ncsc2c1.Cc1cnc2ccccc2c1. The zero-order chi connectivity index (χ0) is 93.4. The van der Waals surface area contributed by atoms with Crippen molar-refractivity contribution in [3.8, 4) is 17.2 Å². The minimum Gasteiger partial charge on any atom is -0.493 e. The quantitative estimate of drug-likeness (QED) is 0.134. The molecule has 0 amide bonds. The molecule has 10 heterocycles. The molecule has 3 aliphatic rings. The zero-order valence-electron chi connectivity index (χ0n) is 81.4. The van der Waals surface area contributed by atoms with Gasteiger partial charge in [-0.1, -0.05) is 290 Å². The second-order valence-corrected chi connectivity index (χ2v) is 27.3. The average Bonchev–Trinajstić information content (AvgIpc) is 1.78. The molecule has 0 spiro atoms. The zero-order valence-corrected chi connectivity index (χ0v) is 82.3. The largest absolute Gasteiger partial charge is 0.493 e. The van der Waals surface area contributed by atoms with Crippen LogP contribution in [0.1, 0.15) is 225 Å².